The molecule has 1 amide bonds. The Hall–Kier alpha value is -2.05. The van der Waals surface area contributed by atoms with Crippen molar-refractivity contribution in [3.63, 3.8) is 0 Å². The van der Waals surface area contributed by atoms with Crippen LogP contribution in [0.25, 0.3) is 0 Å². The standard InChI is InChI=1S/C24H32N4OS.C2H6/c1-17-8-9-18(19(16-17)28-14-12-24(10-11-24)13-15-28)22(29)26-20-6-5-7-21(25-20)30-27-23(2,3)4;1-2/h5-9,16,27H,10-15H2,1-4H3,(H,25,26,29);1-2H3. The Bertz CT molecular complexity index is 924. The molecule has 4 rings (SSSR count). The molecule has 6 heteroatoms. The predicted molar refractivity (Wildman–Crippen MR) is 137 cm³/mol. The van der Waals surface area contributed by atoms with Crippen molar-refractivity contribution in [2.75, 3.05) is 23.3 Å². The van der Waals surface area contributed by atoms with Crippen LogP contribution in [0.5, 0.6) is 0 Å². The predicted octanol–water partition coefficient (Wildman–Crippen LogP) is 6.44. The number of aryl methyl sites for hydroxylation is 1. The summed E-state index contributed by atoms with van der Waals surface area (Å²) in [4.78, 5) is 20.1. The third kappa shape index (κ3) is 6.48. The van der Waals surface area contributed by atoms with Crippen LogP contribution in [0.15, 0.2) is 41.4 Å². The van der Waals surface area contributed by atoms with Crippen LogP contribution in [0.2, 0.25) is 0 Å². The molecule has 0 bridgehead atoms. The highest BCUT2D eigenvalue weighted by Gasteiger charge is 2.44. The van der Waals surface area contributed by atoms with Gasteiger partial charge in [-0.3, -0.25) is 9.52 Å². The second kappa shape index (κ2) is 10.3. The van der Waals surface area contributed by atoms with Gasteiger partial charge in [0, 0.05) is 24.3 Å². The number of carbonyl (C=O) groups excluding carboxylic acids is 1. The molecule has 1 spiro atoms. The lowest BCUT2D eigenvalue weighted by Crippen LogP contribution is -2.35. The summed E-state index contributed by atoms with van der Waals surface area (Å²) in [6.07, 6.45) is 5.24. The van der Waals surface area contributed by atoms with Gasteiger partial charge in [0.25, 0.3) is 5.91 Å². The van der Waals surface area contributed by atoms with Gasteiger partial charge in [0.05, 0.1) is 5.56 Å². The molecular weight excluding hydrogens is 416 g/mol. The summed E-state index contributed by atoms with van der Waals surface area (Å²) in [5.74, 6) is 0.470. The van der Waals surface area contributed by atoms with E-state index in [2.05, 4.69) is 53.7 Å². The molecule has 5 nitrogen and oxygen atoms in total. The summed E-state index contributed by atoms with van der Waals surface area (Å²) in [6.45, 7) is 14.5. The van der Waals surface area contributed by atoms with E-state index >= 15 is 0 Å². The minimum absolute atomic E-state index is 0.0180. The quantitative estimate of drug-likeness (QED) is 0.509. The van der Waals surface area contributed by atoms with Gasteiger partial charge in [0.1, 0.15) is 10.8 Å². The lowest BCUT2D eigenvalue weighted by molar-refractivity contribution is 0.102. The van der Waals surface area contributed by atoms with Crippen LogP contribution in [0.4, 0.5) is 11.5 Å². The fraction of sp³-hybridized carbons (Fsp3) is 0.538. The van der Waals surface area contributed by atoms with Crippen molar-refractivity contribution in [2.24, 2.45) is 5.41 Å². The SMILES string of the molecule is CC.Cc1ccc(C(=O)Nc2cccc(SNC(C)(C)C)n2)c(N2CCC3(CC2)CC3)c1. The van der Waals surface area contributed by atoms with Gasteiger partial charge in [-0.2, -0.15) is 0 Å². The number of hydrogen-bond acceptors (Lipinski definition) is 5. The molecule has 1 aliphatic carbocycles. The van der Waals surface area contributed by atoms with Gasteiger partial charge in [-0.25, -0.2) is 4.98 Å². The highest BCUT2D eigenvalue weighted by Crippen LogP contribution is 2.54. The molecule has 2 aromatic rings. The van der Waals surface area contributed by atoms with Crippen LogP contribution in [0, 0.1) is 12.3 Å². The molecule has 1 saturated carbocycles. The summed E-state index contributed by atoms with van der Waals surface area (Å²) in [7, 11) is 0. The molecule has 0 atom stereocenters. The van der Waals surface area contributed by atoms with E-state index in [1.54, 1.807) is 0 Å². The first kappa shape index (κ1) is 24.6. The smallest absolute Gasteiger partial charge is 0.258 e. The van der Waals surface area contributed by atoms with Crippen LogP contribution >= 0.6 is 11.9 Å². The third-order valence-corrected chi connectivity index (χ3v) is 7.10. The van der Waals surface area contributed by atoms with Gasteiger partial charge >= 0.3 is 0 Å². The van der Waals surface area contributed by atoms with Crippen molar-refractivity contribution in [1.29, 1.82) is 0 Å². The number of pyridine rings is 1. The van der Waals surface area contributed by atoms with Gasteiger partial charge in [-0.1, -0.05) is 26.0 Å². The molecule has 2 heterocycles. The number of nitrogens with one attached hydrogen (secondary N) is 2. The van der Waals surface area contributed by atoms with Crippen molar-refractivity contribution in [1.82, 2.24) is 9.71 Å². The summed E-state index contributed by atoms with van der Waals surface area (Å²) >= 11 is 1.48. The number of carbonyl (C=O) groups is 1. The number of piperidine rings is 1. The van der Waals surface area contributed by atoms with Crippen LogP contribution in [-0.2, 0) is 0 Å². The third-order valence-electron chi connectivity index (χ3n) is 5.95. The topological polar surface area (TPSA) is 57.3 Å². The molecule has 1 aromatic heterocycles. The van der Waals surface area contributed by atoms with Gasteiger partial charge < -0.3 is 10.2 Å². The Labute approximate surface area is 197 Å². The monoisotopic (exact) mass is 454 g/mol. The molecular formula is C26H38N4OS. The van der Waals surface area contributed by atoms with Crippen molar-refractivity contribution >= 4 is 29.4 Å². The fourth-order valence-corrected chi connectivity index (χ4v) is 4.63. The van der Waals surface area contributed by atoms with Crippen LogP contribution in [-0.4, -0.2) is 29.5 Å². The first-order chi connectivity index (χ1) is 15.2. The van der Waals surface area contributed by atoms with Crippen molar-refractivity contribution in [2.45, 2.75) is 77.8 Å². The molecule has 2 aliphatic rings. The van der Waals surface area contributed by atoms with E-state index in [4.69, 9.17) is 0 Å². The number of anilines is 2. The van der Waals surface area contributed by atoms with E-state index in [1.165, 1.54) is 43.2 Å². The average Bonchev–Trinajstić information content (AvgIpc) is 3.52. The van der Waals surface area contributed by atoms with E-state index in [0.717, 1.165) is 29.4 Å². The first-order valence-electron chi connectivity index (χ1n) is 11.8. The van der Waals surface area contributed by atoms with E-state index in [-0.39, 0.29) is 11.4 Å². The molecule has 1 saturated heterocycles. The number of hydrogen-bond donors (Lipinski definition) is 2. The number of rotatable bonds is 5. The molecule has 174 valence electrons. The van der Waals surface area contributed by atoms with Gasteiger partial charge in [0.15, 0.2) is 0 Å². The fourth-order valence-electron chi connectivity index (χ4n) is 3.92. The molecule has 0 radical (unpaired) electrons. The summed E-state index contributed by atoms with van der Waals surface area (Å²) in [5.41, 5.74) is 3.54. The molecule has 2 fully saturated rings. The first-order valence-corrected chi connectivity index (χ1v) is 12.6. The van der Waals surface area contributed by atoms with Crippen LogP contribution in [0.1, 0.15) is 76.2 Å². The number of amides is 1. The largest absolute Gasteiger partial charge is 0.371 e. The van der Waals surface area contributed by atoms with Crippen LogP contribution < -0.4 is 14.9 Å². The number of benzene rings is 1. The minimum atomic E-state index is -0.102. The van der Waals surface area contributed by atoms with Crippen molar-refractivity contribution in [3.05, 3.63) is 47.5 Å². The second-order valence-corrected chi connectivity index (χ2v) is 10.6. The molecule has 1 aliphatic heterocycles. The van der Waals surface area contributed by atoms with E-state index < -0.39 is 0 Å². The zero-order chi connectivity index (χ0) is 23.4. The molecule has 0 unspecified atom stereocenters. The normalized spacial score (nSPS) is 16.9. The molecule has 32 heavy (non-hydrogen) atoms. The maximum Gasteiger partial charge on any atom is 0.258 e. The minimum Gasteiger partial charge on any atom is -0.371 e. The second-order valence-electron chi connectivity index (χ2n) is 9.78. The Morgan fingerprint density at radius 3 is 2.38 bits per heavy atom. The Kier molecular flexibility index (Phi) is 7.88. The van der Waals surface area contributed by atoms with E-state index in [1.807, 2.05) is 44.2 Å². The van der Waals surface area contributed by atoms with E-state index in [9.17, 15) is 4.79 Å². The molecule has 1 aromatic carbocycles. The van der Waals surface area contributed by atoms with Gasteiger partial charge in [-0.05, 0) is 101 Å². The maximum atomic E-state index is 13.2. The van der Waals surface area contributed by atoms with Crippen molar-refractivity contribution in [3.8, 4) is 0 Å². The Morgan fingerprint density at radius 2 is 1.75 bits per heavy atom. The average molecular weight is 455 g/mol. The van der Waals surface area contributed by atoms with Gasteiger partial charge in [0.2, 0.25) is 0 Å². The van der Waals surface area contributed by atoms with Crippen LogP contribution in [0.3, 0.4) is 0 Å². The number of aromatic nitrogens is 1. The highest BCUT2D eigenvalue weighted by atomic mass is 32.2. The Morgan fingerprint density at radius 1 is 1.06 bits per heavy atom. The summed E-state index contributed by atoms with van der Waals surface area (Å²) in [5, 5.41) is 3.84. The summed E-state index contributed by atoms with van der Waals surface area (Å²) < 4.78 is 3.36. The van der Waals surface area contributed by atoms with Crippen molar-refractivity contribution < 1.29 is 4.79 Å². The highest BCUT2D eigenvalue weighted by molar-refractivity contribution is 7.97. The number of nitrogens with zero attached hydrogens (tertiary/aromatic N) is 2. The summed E-state index contributed by atoms with van der Waals surface area (Å²) in [6, 6.07) is 11.8. The van der Waals surface area contributed by atoms with Gasteiger partial charge in [-0.15, -0.1) is 0 Å². The maximum absolute atomic E-state index is 13.2. The zero-order valence-electron chi connectivity index (χ0n) is 20.4. The Balaban J connectivity index is 0.00000141. The van der Waals surface area contributed by atoms with E-state index in [0.29, 0.717) is 11.2 Å². The lowest BCUT2D eigenvalue weighted by Gasteiger charge is -2.35. The lowest BCUT2D eigenvalue weighted by atomic mass is 9.92. The molecule has 2 N–H and O–H groups in total. The zero-order valence-corrected chi connectivity index (χ0v) is 21.2.